The van der Waals surface area contributed by atoms with E-state index in [1.807, 2.05) is 0 Å². The Morgan fingerprint density at radius 2 is 1.69 bits per heavy atom. The van der Waals surface area contributed by atoms with E-state index in [4.69, 9.17) is 10.2 Å². The van der Waals surface area contributed by atoms with Gasteiger partial charge in [0.1, 0.15) is 12.2 Å². The Hall–Kier alpha value is -0.240. The van der Waals surface area contributed by atoms with Crippen molar-refractivity contribution in [2.24, 2.45) is 0 Å². The Morgan fingerprint density at radius 1 is 1.08 bits per heavy atom. The van der Waals surface area contributed by atoms with Crippen LogP contribution in [0.1, 0.15) is 0 Å². The highest BCUT2D eigenvalue weighted by Gasteiger charge is 2.40. The maximum Gasteiger partial charge on any atom is 0.109 e. The second-order valence-electron chi connectivity index (χ2n) is 3.21. The molecule has 0 spiro atoms. The summed E-state index contributed by atoms with van der Waals surface area (Å²) in [6, 6.07) is -0.719. The molecule has 0 amide bonds. The highest BCUT2D eigenvalue weighted by Crippen LogP contribution is 2.17. The summed E-state index contributed by atoms with van der Waals surface area (Å²) in [4.78, 5) is 1.31. The van der Waals surface area contributed by atoms with Gasteiger partial charge in [0.15, 0.2) is 0 Å². The Labute approximate surface area is 75.7 Å². The number of hydrogen-bond acceptors (Lipinski definition) is 6. The van der Waals surface area contributed by atoms with Crippen LogP contribution in [0, 0.1) is 0 Å². The van der Waals surface area contributed by atoms with Gasteiger partial charge in [0.25, 0.3) is 0 Å². The molecule has 1 rings (SSSR count). The topological polar surface area (TPSA) is 104 Å². The molecule has 0 saturated carbocycles. The summed E-state index contributed by atoms with van der Waals surface area (Å²) in [6.07, 6.45) is -3.59. The van der Waals surface area contributed by atoms with E-state index in [0.29, 0.717) is 0 Å². The fourth-order valence-corrected chi connectivity index (χ4v) is 1.54. The van der Waals surface area contributed by atoms with Gasteiger partial charge in [-0.2, -0.15) is 0 Å². The van der Waals surface area contributed by atoms with E-state index in [-0.39, 0.29) is 19.9 Å². The van der Waals surface area contributed by atoms with Gasteiger partial charge < -0.3 is 25.5 Å². The minimum Gasteiger partial charge on any atom is -0.395 e. The fourth-order valence-electron chi connectivity index (χ4n) is 1.54. The van der Waals surface area contributed by atoms with Gasteiger partial charge in [-0.25, -0.2) is 0 Å². The first kappa shape index (κ1) is 10.8. The number of hydrogen-bond donors (Lipinski definition) is 5. The molecule has 0 bridgehead atoms. The highest BCUT2D eigenvalue weighted by atomic mass is 16.4. The minimum atomic E-state index is -1.26. The predicted molar refractivity (Wildman–Crippen MR) is 42.7 cm³/mol. The van der Waals surface area contributed by atoms with Crippen molar-refractivity contribution < 1.29 is 25.5 Å². The van der Waals surface area contributed by atoms with Crippen LogP contribution in [0.5, 0.6) is 0 Å². The van der Waals surface area contributed by atoms with Crippen LogP contribution in [0.4, 0.5) is 0 Å². The van der Waals surface area contributed by atoms with Gasteiger partial charge in [0.05, 0.1) is 25.5 Å². The van der Waals surface area contributed by atoms with Crippen LogP contribution in [0.25, 0.3) is 0 Å². The molecule has 78 valence electrons. The molecule has 1 fully saturated rings. The molecule has 1 saturated heterocycles. The SMILES string of the molecule is OC[C@@H]1[C@H](O)[C@H](O)[C@H](O)CN1CO. The van der Waals surface area contributed by atoms with Crippen LogP contribution >= 0.6 is 0 Å². The third kappa shape index (κ3) is 1.98. The number of aliphatic hydroxyl groups excluding tert-OH is 5. The number of β-amino-alcohol motifs (C(OH)–C–C–N with tert-alkyl or cyclic N) is 1. The van der Waals surface area contributed by atoms with Gasteiger partial charge in [0, 0.05) is 6.54 Å². The van der Waals surface area contributed by atoms with Crippen LogP contribution in [0.3, 0.4) is 0 Å². The van der Waals surface area contributed by atoms with Gasteiger partial charge in [-0.3, -0.25) is 4.90 Å². The number of piperidine rings is 1. The van der Waals surface area contributed by atoms with Gasteiger partial charge in [0.2, 0.25) is 0 Å². The molecule has 1 aliphatic rings. The third-order valence-corrected chi connectivity index (χ3v) is 2.40. The van der Waals surface area contributed by atoms with E-state index in [0.717, 1.165) is 0 Å². The Kier molecular flexibility index (Phi) is 3.60. The first-order valence-electron chi connectivity index (χ1n) is 4.11. The molecule has 0 unspecified atom stereocenters. The van der Waals surface area contributed by atoms with Crippen molar-refractivity contribution in [3.63, 3.8) is 0 Å². The molecule has 0 aliphatic carbocycles. The van der Waals surface area contributed by atoms with E-state index < -0.39 is 24.4 Å². The normalized spacial score (nSPS) is 42.2. The van der Waals surface area contributed by atoms with Crippen LogP contribution in [-0.2, 0) is 0 Å². The Balaban J connectivity index is 2.69. The molecule has 13 heavy (non-hydrogen) atoms. The standard InChI is InChI=1S/C7H15NO5/c9-2-4-6(12)7(13)5(11)1-8(4)3-10/h4-7,9-13H,1-3H2/t4-,5-,6+,7-/m1/s1. The van der Waals surface area contributed by atoms with Crippen molar-refractivity contribution >= 4 is 0 Å². The zero-order valence-corrected chi connectivity index (χ0v) is 7.11. The van der Waals surface area contributed by atoms with E-state index in [1.165, 1.54) is 4.90 Å². The summed E-state index contributed by atoms with van der Waals surface area (Å²) in [5.74, 6) is 0. The van der Waals surface area contributed by atoms with Crippen LogP contribution < -0.4 is 0 Å². The first-order chi connectivity index (χ1) is 6.11. The first-order valence-corrected chi connectivity index (χ1v) is 4.11. The third-order valence-electron chi connectivity index (χ3n) is 2.40. The van der Waals surface area contributed by atoms with E-state index in [2.05, 4.69) is 0 Å². The average molecular weight is 193 g/mol. The van der Waals surface area contributed by atoms with Crippen molar-refractivity contribution in [2.75, 3.05) is 19.9 Å². The largest absolute Gasteiger partial charge is 0.395 e. The van der Waals surface area contributed by atoms with E-state index in [1.54, 1.807) is 0 Å². The molecule has 6 nitrogen and oxygen atoms in total. The van der Waals surface area contributed by atoms with Crippen LogP contribution in [0.2, 0.25) is 0 Å². The molecule has 6 heteroatoms. The lowest BCUT2D eigenvalue weighted by Crippen LogP contribution is -2.62. The maximum atomic E-state index is 9.39. The molecule has 0 aromatic heterocycles. The Morgan fingerprint density at radius 3 is 2.15 bits per heavy atom. The summed E-state index contributed by atoms with van der Waals surface area (Å²) < 4.78 is 0. The Bertz CT molecular complexity index is 165. The number of aliphatic hydroxyl groups is 5. The maximum absolute atomic E-state index is 9.39. The quantitative estimate of drug-likeness (QED) is 0.314. The van der Waals surface area contributed by atoms with Crippen molar-refractivity contribution in [3.05, 3.63) is 0 Å². The second-order valence-corrected chi connectivity index (χ2v) is 3.21. The van der Waals surface area contributed by atoms with Crippen molar-refractivity contribution in [2.45, 2.75) is 24.4 Å². The minimum absolute atomic E-state index is 0.0416. The average Bonchev–Trinajstić information content (AvgIpc) is 2.13. The van der Waals surface area contributed by atoms with Crippen molar-refractivity contribution in [1.29, 1.82) is 0 Å². The zero-order valence-electron chi connectivity index (χ0n) is 7.11. The summed E-state index contributed by atoms with van der Waals surface area (Å²) >= 11 is 0. The molecule has 5 N–H and O–H groups in total. The molecule has 1 aliphatic heterocycles. The van der Waals surface area contributed by atoms with Crippen molar-refractivity contribution in [1.82, 2.24) is 4.90 Å². The summed E-state index contributed by atoms with van der Waals surface area (Å²) in [7, 11) is 0. The lowest BCUT2D eigenvalue weighted by atomic mass is 9.95. The molecule has 0 aromatic rings. The van der Waals surface area contributed by atoms with Gasteiger partial charge in [-0.15, -0.1) is 0 Å². The van der Waals surface area contributed by atoms with Crippen LogP contribution in [-0.4, -0.2) is 74.7 Å². The monoisotopic (exact) mass is 193 g/mol. The van der Waals surface area contributed by atoms with E-state index in [9.17, 15) is 15.3 Å². The molecule has 0 radical (unpaired) electrons. The van der Waals surface area contributed by atoms with Gasteiger partial charge in [-0.05, 0) is 0 Å². The fraction of sp³-hybridized carbons (Fsp3) is 1.00. The predicted octanol–water partition coefficient (Wildman–Crippen LogP) is -3.30. The lowest BCUT2D eigenvalue weighted by molar-refractivity contribution is -0.158. The molecule has 1 heterocycles. The number of likely N-dealkylation sites (tertiary alicyclic amines) is 1. The summed E-state index contributed by atoms with van der Waals surface area (Å²) in [6.45, 7) is -0.697. The lowest BCUT2D eigenvalue weighted by Gasteiger charge is -2.41. The highest BCUT2D eigenvalue weighted by molar-refractivity contribution is 4.93. The zero-order chi connectivity index (χ0) is 10.0. The van der Waals surface area contributed by atoms with Gasteiger partial charge in [-0.1, -0.05) is 0 Å². The van der Waals surface area contributed by atoms with Crippen LogP contribution in [0.15, 0.2) is 0 Å². The summed E-state index contributed by atoms with van der Waals surface area (Å²) in [5.41, 5.74) is 0. The molecular formula is C7H15NO5. The van der Waals surface area contributed by atoms with E-state index >= 15 is 0 Å². The van der Waals surface area contributed by atoms with Gasteiger partial charge >= 0.3 is 0 Å². The molecular weight excluding hydrogens is 178 g/mol. The number of rotatable bonds is 2. The molecule has 4 atom stereocenters. The summed E-state index contributed by atoms with van der Waals surface area (Å²) in [5, 5.41) is 45.5. The molecule has 0 aromatic carbocycles. The van der Waals surface area contributed by atoms with Crippen molar-refractivity contribution in [3.8, 4) is 0 Å². The second kappa shape index (κ2) is 4.32. The smallest absolute Gasteiger partial charge is 0.109 e. The number of nitrogens with zero attached hydrogens (tertiary/aromatic N) is 1.